The lowest BCUT2D eigenvalue weighted by Gasteiger charge is -2.34. The van der Waals surface area contributed by atoms with Crippen LogP contribution in [-0.4, -0.2) is 60.1 Å². The molecule has 0 spiro atoms. The number of benzene rings is 2. The van der Waals surface area contributed by atoms with Crippen molar-refractivity contribution >= 4 is 45.2 Å². The first kappa shape index (κ1) is 20.9. The molecule has 5 nitrogen and oxygen atoms in total. The van der Waals surface area contributed by atoms with Crippen LogP contribution < -0.4 is 5.32 Å². The summed E-state index contributed by atoms with van der Waals surface area (Å²) in [6.45, 7) is 5.17. The first-order chi connectivity index (χ1) is 13.5. The molecule has 1 aliphatic heterocycles. The number of para-hydroxylation sites is 1. The van der Waals surface area contributed by atoms with E-state index in [1.807, 2.05) is 47.4 Å². The first-order valence-corrected chi connectivity index (χ1v) is 11.0. The summed E-state index contributed by atoms with van der Waals surface area (Å²) < 4.78 is 1.05. The molecule has 1 N–H and O–H groups in total. The molecule has 0 bridgehead atoms. The number of nitrogens with one attached hydrogen (secondary N) is 1. The van der Waals surface area contributed by atoms with Gasteiger partial charge in [-0.25, -0.2) is 0 Å². The maximum Gasteiger partial charge on any atom is 0.238 e. The lowest BCUT2D eigenvalue weighted by Crippen LogP contribution is -2.50. The molecule has 0 unspecified atom stereocenters. The number of aryl methyl sites for hydroxylation is 1. The van der Waals surface area contributed by atoms with Gasteiger partial charge in [-0.1, -0.05) is 34.1 Å². The molecule has 0 atom stereocenters. The molecule has 3 rings (SSSR count). The Balaban J connectivity index is 1.40. The lowest BCUT2D eigenvalue weighted by molar-refractivity contribution is -0.130. The summed E-state index contributed by atoms with van der Waals surface area (Å²) in [7, 11) is 0. The van der Waals surface area contributed by atoms with Crippen molar-refractivity contribution in [1.82, 2.24) is 9.80 Å². The number of hydrogen-bond donors (Lipinski definition) is 1. The maximum absolute atomic E-state index is 12.5. The molecule has 0 radical (unpaired) electrons. The molecule has 2 aromatic carbocycles. The Morgan fingerprint density at radius 3 is 2.46 bits per heavy atom. The van der Waals surface area contributed by atoms with Gasteiger partial charge in [-0.3, -0.25) is 14.5 Å². The van der Waals surface area contributed by atoms with Gasteiger partial charge in [0.1, 0.15) is 0 Å². The van der Waals surface area contributed by atoms with Crippen LogP contribution in [0.5, 0.6) is 0 Å². The zero-order valence-electron chi connectivity index (χ0n) is 15.9. The van der Waals surface area contributed by atoms with Crippen LogP contribution >= 0.6 is 27.7 Å². The van der Waals surface area contributed by atoms with Gasteiger partial charge in [0, 0.05) is 41.2 Å². The Hall–Kier alpha value is -1.83. The summed E-state index contributed by atoms with van der Waals surface area (Å²) in [4.78, 5) is 29.8. The molecule has 1 aliphatic rings. The topological polar surface area (TPSA) is 52.7 Å². The monoisotopic (exact) mass is 461 g/mol. The summed E-state index contributed by atoms with van der Waals surface area (Å²) in [6, 6.07) is 15.6. The third kappa shape index (κ3) is 6.09. The smallest absolute Gasteiger partial charge is 0.238 e. The Morgan fingerprint density at radius 2 is 1.79 bits per heavy atom. The van der Waals surface area contributed by atoms with Gasteiger partial charge < -0.3 is 10.2 Å². The SMILES string of the molecule is Cc1cc(Br)ccc1SCC(=O)N1CCN(CC(=O)Nc2ccccc2)CC1. The molecule has 2 amide bonds. The van der Waals surface area contributed by atoms with Crippen molar-refractivity contribution < 1.29 is 9.59 Å². The van der Waals surface area contributed by atoms with Gasteiger partial charge >= 0.3 is 0 Å². The van der Waals surface area contributed by atoms with Gasteiger partial charge in [-0.05, 0) is 42.8 Å². The number of nitrogens with zero attached hydrogens (tertiary/aromatic N) is 2. The lowest BCUT2D eigenvalue weighted by atomic mass is 10.2. The van der Waals surface area contributed by atoms with E-state index in [9.17, 15) is 9.59 Å². The van der Waals surface area contributed by atoms with Crippen LogP contribution in [0.1, 0.15) is 5.56 Å². The predicted molar refractivity (Wildman–Crippen MR) is 118 cm³/mol. The summed E-state index contributed by atoms with van der Waals surface area (Å²) in [5, 5.41) is 2.90. The van der Waals surface area contributed by atoms with Crippen molar-refractivity contribution in [3.05, 3.63) is 58.6 Å². The Morgan fingerprint density at radius 1 is 1.07 bits per heavy atom. The van der Waals surface area contributed by atoms with Crippen molar-refractivity contribution in [2.75, 3.05) is 43.8 Å². The summed E-state index contributed by atoms with van der Waals surface area (Å²) in [5.41, 5.74) is 1.97. The highest BCUT2D eigenvalue weighted by Gasteiger charge is 2.22. The predicted octanol–water partition coefficient (Wildman–Crippen LogP) is 3.63. The van der Waals surface area contributed by atoms with Gasteiger partial charge in [0.2, 0.25) is 11.8 Å². The van der Waals surface area contributed by atoms with Gasteiger partial charge in [-0.15, -0.1) is 11.8 Å². The minimum Gasteiger partial charge on any atom is -0.339 e. The molecule has 1 heterocycles. The molecule has 2 aromatic rings. The number of carbonyl (C=O) groups is 2. The van der Waals surface area contributed by atoms with Crippen molar-refractivity contribution in [3.63, 3.8) is 0 Å². The number of carbonyl (C=O) groups excluding carboxylic acids is 2. The minimum atomic E-state index is -0.0211. The average molecular weight is 462 g/mol. The largest absolute Gasteiger partial charge is 0.339 e. The number of anilines is 1. The second-order valence-electron chi connectivity index (χ2n) is 6.77. The van der Waals surface area contributed by atoms with Crippen LogP contribution in [-0.2, 0) is 9.59 Å². The summed E-state index contributed by atoms with van der Waals surface area (Å²) >= 11 is 5.04. The normalized spacial score (nSPS) is 14.7. The average Bonchev–Trinajstić information content (AvgIpc) is 2.68. The Labute approximate surface area is 178 Å². The molecular formula is C21H24BrN3O2S. The van der Waals surface area contributed by atoms with E-state index in [-0.39, 0.29) is 11.8 Å². The van der Waals surface area contributed by atoms with Crippen LogP contribution in [0.25, 0.3) is 0 Å². The fourth-order valence-corrected chi connectivity index (χ4v) is 4.47. The Bertz CT molecular complexity index is 824. The molecular weight excluding hydrogens is 438 g/mol. The van der Waals surface area contributed by atoms with Crippen molar-refractivity contribution in [3.8, 4) is 0 Å². The van der Waals surface area contributed by atoms with Gasteiger partial charge in [0.15, 0.2) is 0 Å². The van der Waals surface area contributed by atoms with Crippen molar-refractivity contribution in [2.45, 2.75) is 11.8 Å². The first-order valence-electron chi connectivity index (χ1n) is 9.25. The maximum atomic E-state index is 12.5. The zero-order valence-corrected chi connectivity index (χ0v) is 18.3. The fourth-order valence-electron chi connectivity index (χ4n) is 3.09. The standard InChI is InChI=1S/C21H24BrN3O2S/c1-16-13-17(22)7-8-19(16)28-15-21(27)25-11-9-24(10-12-25)14-20(26)23-18-5-3-2-4-6-18/h2-8,13H,9-12,14-15H2,1H3,(H,23,26). The number of thioether (sulfide) groups is 1. The number of rotatable bonds is 6. The van der Waals surface area contributed by atoms with E-state index in [0.717, 1.165) is 28.1 Å². The van der Waals surface area contributed by atoms with Crippen LogP contribution in [0.4, 0.5) is 5.69 Å². The zero-order chi connectivity index (χ0) is 19.9. The van der Waals surface area contributed by atoms with Crippen LogP contribution in [0, 0.1) is 6.92 Å². The highest BCUT2D eigenvalue weighted by atomic mass is 79.9. The van der Waals surface area contributed by atoms with Gasteiger partial charge in [0.25, 0.3) is 0 Å². The molecule has 1 fully saturated rings. The summed E-state index contributed by atoms with van der Waals surface area (Å²) in [6.07, 6.45) is 0. The molecule has 28 heavy (non-hydrogen) atoms. The second kappa shape index (κ2) is 10.1. The van der Waals surface area contributed by atoms with E-state index in [1.165, 1.54) is 5.56 Å². The van der Waals surface area contributed by atoms with E-state index in [2.05, 4.69) is 39.1 Å². The van der Waals surface area contributed by atoms with Gasteiger partial charge in [0.05, 0.1) is 12.3 Å². The van der Waals surface area contributed by atoms with E-state index in [0.29, 0.717) is 25.4 Å². The van der Waals surface area contributed by atoms with Crippen molar-refractivity contribution in [2.24, 2.45) is 0 Å². The number of halogens is 1. The second-order valence-corrected chi connectivity index (χ2v) is 8.70. The van der Waals surface area contributed by atoms with E-state index in [1.54, 1.807) is 11.8 Å². The molecule has 7 heteroatoms. The molecule has 1 saturated heterocycles. The number of hydrogen-bond acceptors (Lipinski definition) is 4. The fraction of sp³-hybridized carbons (Fsp3) is 0.333. The van der Waals surface area contributed by atoms with E-state index < -0.39 is 0 Å². The number of piperazine rings is 1. The van der Waals surface area contributed by atoms with Crippen LogP contribution in [0.3, 0.4) is 0 Å². The Kier molecular flexibility index (Phi) is 7.53. The molecule has 148 valence electrons. The van der Waals surface area contributed by atoms with Crippen LogP contribution in [0.2, 0.25) is 0 Å². The molecule has 0 saturated carbocycles. The quantitative estimate of drug-likeness (QED) is 0.667. The minimum absolute atomic E-state index is 0.0211. The molecule has 0 aromatic heterocycles. The third-order valence-electron chi connectivity index (χ3n) is 4.64. The van der Waals surface area contributed by atoms with Crippen LogP contribution in [0.15, 0.2) is 57.9 Å². The molecule has 0 aliphatic carbocycles. The third-order valence-corrected chi connectivity index (χ3v) is 6.29. The van der Waals surface area contributed by atoms with Crippen molar-refractivity contribution in [1.29, 1.82) is 0 Å². The highest BCUT2D eigenvalue weighted by Crippen LogP contribution is 2.25. The highest BCUT2D eigenvalue weighted by molar-refractivity contribution is 9.10. The van der Waals surface area contributed by atoms with Gasteiger partial charge in [-0.2, -0.15) is 0 Å². The number of amides is 2. The van der Waals surface area contributed by atoms with E-state index >= 15 is 0 Å². The summed E-state index contributed by atoms with van der Waals surface area (Å²) in [5.74, 6) is 0.574. The van der Waals surface area contributed by atoms with E-state index in [4.69, 9.17) is 0 Å².